The Morgan fingerprint density at radius 2 is 0.808 bits per heavy atom. The van der Waals surface area contributed by atoms with Gasteiger partial charge in [-0.05, 0) is 117 Å². The summed E-state index contributed by atoms with van der Waals surface area (Å²) in [4.78, 5) is 13.8. The minimum absolute atomic E-state index is 0. The Morgan fingerprint density at radius 1 is 0.342 bits per heavy atom. The van der Waals surface area contributed by atoms with Crippen molar-refractivity contribution in [2.45, 2.75) is 12.8 Å². The maximum Gasteiger partial charge on any atom is 3.00 e. The monoisotopic (exact) mass is 1110 g/mol. The summed E-state index contributed by atoms with van der Waals surface area (Å²) in [5.41, 5.74) is 20.9. The van der Waals surface area contributed by atoms with Crippen LogP contribution >= 0.6 is 0 Å². The van der Waals surface area contributed by atoms with Crippen molar-refractivity contribution in [3.05, 3.63) is 271 Å². The second-order valence-electron chi connectivity index (χ2n) is 17.5. The van der Waals surface area contributed by atoms with E-state index in [4.69, 9.17) is 0 Å². The summed E-state index contributed by atoms with van der Waals surface area (Å²) in [7, 11) is 0. The summed E-state index contributed by atoms with van der Waals surface area (Å²) in [6.45, 7) is 0. The van der Waals surface area contributed by atoms with Gasteiger partial charge in [0.05, 0.1) is 23.3 Å². The van der Waals surface area contributed by atoms with Crippen LogP contribution in [0, 0.1) is 40.9 Å². The van der Waals surface area contributed by atoms with Crippen molar-refractivity contribution in [2.24, 2.45) is 0 Å². The molecule has 0 aliphatic heterocycles. The van der Waals surface area contributed by atoms with Gasteiger partial charge in [0.1, 0.15) is 0 Å². The Hall–Kier alpha value is -9.16. The van der Waals surface area contributed by atoms with Gasteiger partial charge in [0.15, 0.2) is 0 Å². The summed E-state index contributed by atoms with van der Waals surface area (Å²) in [6.07, 6.45) is 6.82. The van der Waals surface area contributed by atoms with Crippen LogP contribution in [0.15, 0.2) is 231 Å². The molecule has 0 spiro atoms. The first-order valence-electron chi connectivity index (χ1n) is 23.8. The molecule has 0 aliphatic rings. The zero-order chi connectivity index (χ0) is 48.6. The number of nitriles is 2. The zero-order valence-corrected chi connectivity index (χ0v) is 41.8. The zero-order valence-electron chi connectivity index (χ0n) is 39.4. The molecule has 0 saturated heterocycles. The number of aromatic nitrogens is 3. The van der Waals surface area contributed by atoms with Crippen molar-refractivity contribution in [3.8, 4) is 113 Å². The molecule has 0 unspecified atom stereocenters. The van der Waals surface area contributed by atoms with Crippen LogP contribution in [0.5, 0.6) is 0 Å². The van der Waals surface area contributed by atoms with Gasteiger partial charge in [-0.1, -0.05) is 149 Å². The van der Waals surface area contributed by atoms with E-state index in [9.17, 15) is 10.5 Å². The van der Waals surface area contributed by atoms with E-state index >= 15 is 0 Å². The Bertz CT molecular complexity index is 3610. The molecular formula is C67H42IrN5. The van der Waals surface area contributed by atoms with Gasteiger partial charge in [-0.15, -0.1) is 89.0 Å². The molecule has 8 aromatic carbocycles. The average Bonchev–Trinajstić information content (AvgIpc) is 3.47. The number of hydrogen-bond acceptors (Lipinski definition) is 5. The van der Waals surface area contributed by atoms with E-state index in [1.54, 1.807) is 12.4 Å². The summed E-state index contributed by atoms with van der Waals surface area (Å²) in [5.74, 6) is 0. The molecule has 0 radical (unpaired) electrons. The third-order valence-corrected chi connectivity index (χ3v) is 13.0. The second kappa shape index (κ2) is 21.9. The molecule has 0 N–H and O–H groups in total. The Balaban J connectivity index is 0.00000611. The van der Waals surface area contributed by atoms with Gasteiger partial charge in [0, 0.05) is 18.6 Å². The standard InChI is InChI=1S/C67H42N5.Ir/c68-44-47-16-33-60(63(40-47)53-23-28-55(29-24-53)65-12-4-7-35-70-65)58-38-46(39-59(42-58)61-34-17-48(45-69)41-64(61)54-25-30-56(31-26-54)66-13-5-8-36-71-66)15-18-51-27-32-57(67-14-6-9-37-72-67)43-62(51)52-21-19-50(20-22-52)49-10-2-1-3-11-49;/h1-14,16-17,19-28,30,33-43H,15,18H2;/q-3;+3. The van der Waals surface area contributed by atoms with Gasteiger partial charge >= 0.3 is 20.1 Å². The number of pyridine rings is 3. The van der Waals surface area contributed by atoms with Crippen molar-refractivity contribution in [1.29, 1.82) is 10.5 Å². The van der Waals surface area contributed by atoms with Crippen LogP contribution in [0.3, 0.4) is 0 Å². The molecule has 11 aromatic rings. The first-order chi connectivity index (χ1) is 35.6. The van der Waals surface area contributed by atoms with Crippen molar-refractivity contribution in [1.82, 2.24) is 15.0 Å². The minimum Gasteiger partial charge on any atom is -0.305 e. The van der Waals surface area contributed by atoms with Gasteiger partial charge in [-0.2, -0.15) is 10.5 Å². The van der Waals surface area contributed by atoms with Crippen LogP contribution < -0.4 is 0 Å². The maximum absolute atomic E-state index is 10.2. The van der Waals surface area contributed by atoms with E-state index in [0.717, 1.165) is 107 Å². The first-order valence-corrected chi connectivity index (χ1v) is 23.8. The van der Waals surface area contributed by atoms with Crippen molar-refractivity contribution in [2.75, 3.05) is 0 Å². The number of nitrogens with zero attached hydrogens (tertiary/aromatic N) is 5. The predicted molar refractivity (Wildman–Crippen MR) is 289 cm³/mol. The van der Waals surface area contributed by atoms with Crippen LogP contribution in [-0.4, -0.2) is 15.0 Å². The van der Waals surface area contributed by atoms with E-state index < -0.39 is 0 Å². The maximum atomic E-state index is 10.2. The molecule has 0 fully saturated rings. The van der Waals surface area contributed by atoms with Crippen LogP contribution in [0.4, 0.5) is 0 Å². The van der Waals surface area contributed by atoms with Crippen LogP contribution in [0.1, 0.15) is 22.3 Å². The summed E-state index contributed by atoms with van der Waals surface area (Å²) >= 11 is 0. The van der Waals surface area contributed by atoms with Gasteiger partial charge in [0.25, 0.3) is 0 Å². The van der Waals surface area contributed by atoms with E-state index in [1.807, 2.05) is 115 Å². The number of benzene rings is 8. The van der Waals surface area contributed by atoms with Crippen LogP contribution in [0.25, 0.3) is 101 Å². The fourth-order valence-electron chi connectivity index (χ4n) is 9.32. The molecule has 344 valence electrons. The molecule has 73 heavy (non-hydrogen) atoms. The molecular weight excluding hydrogens is 1070 g/mol. The van der Waals surface area contributed by atoms with E-state index in [2.05, 4.69) is 148 Å². The summed E-state index contributed by atoms with van der Waals surface area (Å²) in [6, 6.07) is 87.3. The molecule has 0 amide bonds. The summed E-state index contributed by atoms with van der Waals surface area (Å²) < 4.78 is 0. The van der Waals surface area contributed by atoms with Gasteiger partial charge in [0.2, 0.25) is 0 Å². The molecule has 0 saturated carbocycles. The van der Waals surface area contributed by atoms with Crippen molar-refractivity contribution >= 4 is 0 Å². The molecule has 3 aromatic heterocycles. The van der Waals surface area contributed by atoms with E-state index in [1.165, 1.54) is 11.1 Å². The molecule has 6 heteroatoms. The number of aryl methyl sites for hydroxylation is 2. The van der Waals surface area contributed by atoms with E-state index in [0.29, 0.717) is 17.5 Å². The minimum atomic E-state index is 0. The van der Waals surface area contributed by atoms with Gasteiger partial charge < -0.3 is 15.0 Å². The third kappa shape index (κ3) is 10.5. The average molecular weight is 1110 g/mol. The normalized spacial score (nSPS) is 10.7. The van der Waals surface area contributed by atoms with Crippen LogP contribution in [-0.2, 0) is 32.9 Å². The first kappa shape index (κ1) is 47.5. The van der Waals surface area contributed by atoms with Crippen molar-refractivity contribution < 1.29 is 20.1 Å². The van der Waals surface area contributed by atoms with Gasteiger partial charge in [-0.25, -0.2) is 0 Å². The predicted octanol–water partition coefficient (Wildman–Crippen LogP) is 15.8. The number of hydrogen-bond donors (Lipinski definition) is 0. The Kier molecular flexibility index (Phi) is 14.2. The van der Waals surface area contributed by atoms with Crippen LogP contribution in [0.2, 0.25) is 0 Å². The third-order valence-electron chi connectivity index (χ3n) is 13.0. The number of rotatable bonds is 12. The molecule has 3 heterocycles. The second-order valence-corrected chi connectivity index (χ2v) is 17.5. The smallest absolute Gasteiger partial charge is 0.305 e. The fourth-order valence-corrected chi connectivity index (χ4v) is 9.32. The fraction of sp³-hybridized carbons (Fsp3) is 0.0299. The molecule has 0 atom stereocenters. The Labute approximate surface area is 439 Å². The quantitative estimate of drug-likeness (QED) is 0.114. The van der Waals surface area contributed by atoms with Crippen molar-refractivity contribution in [3.63, 3.8) is 0 Å². The summed E-state index contributed by atoms with van der Waals surface area (Å²) in [5, 5.41) is 20.4. The molecule has 0 bridgehead atoms. The molecule has 5 nitrogen and oxygen atoms in total. The van der Waals surface area contributed by atoms with Gasteiger partial charge in [-0.3, -0.25) is 0 Å². The van der Waals surface area contributed by atoms with E-state index in [-0.39, 0.29) is 20.1 Å². The molecule has 11 rings (SSSR count). The topological polar surface area (TPSA) is 86.2 Å². The largest absolute Gasteiger partial charge is 3.00 e. The SMILES string of the molecule is N#Cc1ccc(-c2cc(CCc3c[c-]c(-c4ccccn4)cc3-c3ccc(-c4ccccc4)cc3)cc(-c3ccc(C#N)cc3-c3c[c-]c(-c4ccccn4)cc3)c2)c(-c2c[c-]c(-c3ccccn3)cc2)c1.[Ir+3]. The Morgan fingerprint density at radius 3 is 1.29 bits per heavy atom. The molecule has 0 aliphatic carbocycles.